The van der Waals surface area contributed by atoms with Gasteiger partial charge in [0, 0.05) is 38.7 Å². The SMILES string of the molecule is Sc1c(I)cc(I)c(I)c1I.[Zn]. The van der Waals surface area contributed by atoms with Crippen molar-refractivity contribution in [2.45, 2.75) is 4.90 Å². The number of hydrogen-bond donors (Lipinski definition) is 1. The maximum absolute atomic E-state index is 4.41. The summed E-state index contributed by atoms with van der Waals surface area (Å²) in [6.45, 7) is 0. The molecule has 0 saturated heterocycles. The molecule has 0 N–H and O–H groups in total. The van der Waals surface area contributed by atoms with E-state index in [1.165, 1.54) is 14.3 Å². The summed E-state index contributed by atoms with van der Waals surface area (Å²) in [7, 11) is 0. The van der Waals surface area contributed by atoms with Crippen LogP contribution in [0.3, 0.4) is 0 Å². The van der Waals surface area contributed by atoms with Crippen molar-refractivity contribution in [3.63, 3.8) is 0 Å². The van der Waals surface area contributed by atoms with Crippen molar-refractivity contribution in [2.24, 2.45) is 0 Å². The van der Waals surface area contributed by atoms with Gasteiger partial charge in [-0.05, 0) is 96.4 Å². The molecule has 0 radical (unpaired) electrons. The minimum atomic E-state index is 0. The zero-order chi connectivity index (χ0) is 8.59. The van der Waals surface area contributed by atoms with Gasteiger partial charge in [0.25, 0.3) is 0 Å². The molecule has 0 aliphatic heterocycles. The molecule has 0 spiro atoms. The molecule has 0 aromatic heterocycles. The van der Waals surface area contributed by atoms with Gasteiger partial charge in [-0.15, -0.1) is 12.6 Å². The molecule has 62 valence electrons. The average Bonchev–Trinajstić information content (AvgIpc) is 1.97. The molecule has 0 unspecified atom stereocenters. The second-order valence-corrected chi connectivity index (χ2v) is 6.75. The fraction of sp³-hybridized carbons (Fsp3) is 0. The standard InChI is InChI=1S/C6H2I4S.Zn/c7-2-1-3(8)6(11)5(10)4(2)9;/h1,11H;. The van der Waals surface area contributed by atoms with E-state index in [1.807, 2.05) is 0 Å². The second-order valence-electron chi connectivity index (χ2n) is 1.82. The Bertz CT molecular complexity index is 276. The minimum absolute atomic E-state index is 0. The third kappa shape index (κ3) is 3.60. The summed E-state index contributed by atoms with van der Waals surface area (Å²) in [4.78, 5) is 1.09. The first kappa shape index (κ1) is 15.1. The molecule has 0 bridgehead atoms. The van der Waals surface area contributed by atoms with Gasteiger partial charge in [0.05, 0.1) is 0 Å². The zero-order valence-corrected chi connectivity index (χ0v) is 18.2. The van der Waals surface area contributed by atoms with E-state index in [-0.39, 0.29) is 19.5 Å². The van der Waals surface area contributed by atoms with E-state index in [9.17, 15) is 0 Å². The monoisotopic (exact) mass is 678 g/mol. The van der Waals surface area contributed by atoms with Crippen LogP contribution in [0.5, 0.6) is 0 Å². The molecular weight excluding hydrogens is 677 g/mol. The van der Waals surface area contributed by atoms with Gasteiger partial charge in [-0.3, -0.25) is 0 Å². The first-order chi connectivity index (χ1) is 5.04. The van der Waals surface area contributed by atoms with Gasteiger partial charge in [0.1, 0.15) is 0 Å². The largest absolute Gasteiger partial charge is 0.141 e. The Labute approximate surface area is 145 Å². The fourth-order valence-corrected chi connectivity index (χ4v) is 4.74. The van der Waals surface area contributed by atoms with E-state index in [0.29, 0.717) is 0 Å². The summed E-state index contributed by atoms with van der Waals surface area (Å²) in [6, 6.07) is 2.15. The van der Waals surface area contributed by atoms with E-state index in [1.54, 1.807) is 0 Å². The minimum Gasteiger partial charge on any atom is -0.141 e. The van der Waals surface area contributed by atoms with E-state index in [0.717, 1.165) is 4.90 Å². The maximum atomic E-state index is 4.41. The van der Waals surface area contributed by atoms with E-state index in [2.05, 4.69) is 109 Å². The Kier molecular flexibility index (Phi) is 8.37. The zero-order valence-electron chi connectivity index (χ0n) is 5.74. The summed E-state index contributed by atoms with van der Waals surface area (Å²) in [5.41, 5.74) is 0. The molecule has 6 heteroatoms. The van der Waals surface area contributed by atoms with Gasteiger partial charge in [0.15, 0.2) is 0 Å². The van der Waals surface area contributed by atoms with Gasteiger partial charge in [-0.1, -0.05) is 0 Å². The third-order valence-electron chi connectivity index (χ3n) is 1.09. The van der Waals surface area contributed by atoms with Crippen LogP contribution in [0, 0.1) is 14.3 Å². The predicted molar refractivity (Wildman–Crippen MR) is 84.6 cm³/mol. The smallest absolute Gasteiger partial charge is 0.0418 e. The molecule has 1 rings (SSSR count). The summed E-state index contributed by atoms with van der Waals surface area (Å²) in [6.07, 6.45) is 0. The molecule has 0 nitrogen and oxygen atoms in total. The molecule has 0 saturated carbocycles. The molecule has 0 amide bonds. The molecule has 0 fully saturated rings. The molecule has 0 aliphatic carbocycles. The number of hydrogen-bond acceptors (Lipinski definition) is 1. The summed E-state index contributed by atoms with van der Waals surface area (Å²) in [5.74, 6) is 0. The molecule has 0 heterocycles. The van der Waals surface area contributed by atoms with E-state index < -0.39 is 0 Å². The fourth-order valence-electron chi connectivity index (χ4n) is 0.557. The quantitative estimate of drug-likeness (QED) is 0.136. The van der Waals surface area contributed by atoms with E-state index in [4.69, 9.17) is 0 Å². The first-order valence-corrected chi connectivity index (χ1v) is 7.32. The Balaban J connectivity index is 0.00000121. The number of rotatable bonds is 0. The van der Waals surface area contributed by atoms with Crippen molar-refractivity contribution in [3.05, 3.63) is 20.3 Å². The van der Waals surface area contributed by atoms with Gasteiger partial charge < -0.3 is 0 Å². The molecule has 0 aliphatic rings. The predicted octanol–water partition coefficient (Wildman–Crippen LogP) is 4.39. The van der Waals surface area contributed by atoms with Crippen LogP contribution < -0.4 is 0 Å². The molecular formula is C6H2I4SZn. The van der Waals surface area contributed by atoms with Crippen LogP contribution in [0.25, 0.3) is 0 Å². The number of thiol groups is 1. The average molecular weight is 679 g/mol. The van der Waals surface area contributed by atoms with Gasteiger partial charge in [0.2, 0.25) is 0 Å². The summed E-state index contributed by atoms with van der Waals surface area (Å²) in [5, 5.41) is 0. The van der Waals surface area contributed by atoms with Crippen LogP contribution in [0.2, 0.25) is 0 Å². The van der Waals surface area contributed by atoms with Crippen LogP contribution in [0.1, 0.15) is 0 Å². The Morgan fingerprint density at radius 2 is 1.42 bits per heavy atom. The van der Waals surface area contributed by atoms with Gasteiger partial charge >= 0.3 is 0 Å². The van der Waals surface area contributed by atoms with E-state index >= 15 is 0 Å². The van der Waals surface area contributed by atoms with Crippen molar-refractivity contribution in [3.8, 4) is 0 Å². The Hall–Kier alpha value is 3.11. The van der Waals surface area contributed by atoms with Crippen LogP contribution in [-0.4, -0.2) is 0 Å². The van der Waals surface area contributed by atoms with Crippen LogP contribution in [0.4, 0.5) is 0 Å². The van der Waals surface area contributed by atoms with Gasteiger partial charge in [-0.2, -0.15) is 0 Å². The second kappa shape index (κ2) is 6.64. The van der Waals surface area contributed by atoms with Crippen molar-refractivity contribution < 1.29 is 19.5 Å². The van der Waals surface area contributed by atoms with Gasteiger partial charge in [-0.25, -0.2) is 0 Å². The topological polar surface area (TPSA) is 0 Å². The molecule has 1 aromatic rings. The van der Waals surface area contributed by atoms with Crippen LogP contribution in [0.15, 0.2) is 11.0 Å². The number of benzene rings is 1. The Morgan fingerprint density at radius 1 is 0.917 bits per heavy atom. The van der Waals surface area contributed by atoms with Crippen LogP contribution in [-0.2, 0) is 19.5 Å². The van der Waals surface area contributed by atoms with Crippen molar-refractivity contribution in [1.82, 2.24) is 0 Å². The maximum Gasteiger partial charge on any atom is 0.0418 e. The molecule has 1 aromatic carbocycles. The van der Waals surface area contributed by atoms with Crippen molar-refractivity contribution in [1.29, 1.82) is 0 Å². The summed E-state index contributed by atoms with van der Waals surface area (Å²) < 4.78 is 5.08. The Morgan fingerprint density at radius 3 is 1.92 bits per heavy atom. The number of halogens is 4. The molecule has 12 heavy (non-hydrogen) atoms. The summed E-state index contributed by atoms with van der Waals surface area (Å²) >= 11 is 13.7. The molecule has 0 atom stereocenters. The first-order valence-electron chi connectivity index (χ1n) is 2.56. The van der Waals surface area contributed by atoms with Crippen LogP contribution >= 0.6 is 103 Å². The van der Waals surface area contributed by atoms with Crippen molar-refractivity contribution >= 4 is 103 Å². The third-order valence-corrected chi connectivity index (χ3v) is 8.37. The van der Waals surface area contributed by atoms with Crippen molar-refractivity contribution in [2.75, 3.05) is 0 Å². The normalized spacial score (nSPS) is 9.42.